The van der Waals surface area contributed by atoms with Crippen LogP contribution in [-0.4, -0.2) is 16.6 Å². The summed E-state index contributed by atoms with van der Waals surface area (Å²) in [6.45, 7) is 0.390. The van der Waals surface area contributed by atoms with E-state index in [1.165, 1.54) is 0 Å². The largest absolute Gasteiger partial charge is 0.438 e. The van der Waals surface area contributed by atoms with Gasteiger partial charge >= 0.3 is 0 Å². The van der Waals surface area contributed by atoms with Crippen LogP contribution < -0.4 is 5.73 Å². The lowest BCUT2D eigenvalue weighted by Gasteiger charge is -2.02. The molecule has 0 bridgehead atoms. The Bertz CT molecular complexity index is 469. The predicted octanol–water partition coefficient (Wildman–Crippen LogP) is 1.86. The fourth-order valence-corrected chi connectivity index (χ4v) is 1.50. The number of rotatable bonds is 3. The molecule has 4 nitrogen and oxygen atoms in total. The summed E-state index contributed by atoms with van der Waals surface area (Å²) in [4.78, 5) is 4.14. The van der Waals surface area contributed by atoms with Crippen molar-refractivity contribution >= 4 is 22.7 Å². The van der Waals surface area contributed by atoms with Crippen molar-refractivity contribution in [2.24, 2.45) is 5.73 Å². The van der Waals surface area contributed by atoms with E-state index in [4.69, 9.17) is 21.8 Å². The number of aliphatic hydroxyl groups is 1. The van der Waals surface area contributed by atoms with Gasteiger partial charge in [0.1, 0.15) is 11.6 Å². The van der Waals surface area contributed by atoms with Crippen LogP contribution in [0.4, 0.5) is 0 Å². The van der Waals surface area contributed by atoms with Crippen molar-refractivity contribution in [1.29, 1.82) is 0 Å². The second-order valence-electron chi connectivity index (χ2n) is 3.26. The third-order valence-corrected chi connectivity index (χ3v) is 2.33. The van der Waals surface area contributed by atoms with Gasteiger partial charge in [0.25, 0.3) is 0 Å². The van der Waals surface area contributed by atoms with E-state index in [1.807, 2.05) is 0 Å². The molecular weight excluding hydrogens is 216 g/mol. The van der Waals surface area contributed by atoms with Crippen molar-refractivity contribution in [3.05, 3.63) is 29.1 Å². The molecule has 0 aliphatic rings. The van der Waals surface area contributed by atoms with Crippen molar-refractivity contribution in [2.75, 3.05) is 6.54 Å². The molecule has 0 saturated heterocycles. The summed E-state index contributed by atoms with van der Waals surface area (Å²) in [5.74, 6) is 0.290. The lowest BCUT2D eigenvalue weighted by atomic mass is 10.2. The zero-order chi connectivity index (χ0) is 10.8. The number of oxazole rings is 1. The van der Waals surface area contributed by atoms with Gasteiger partial charge in [0.15, 0.2) is 5.58 Å². The van der Waals surface area contributed by atoms with Crippen LogP contribution in [0.25, 0.3) is 11.1 Å². The Morgan fingerprint density at radius 2 is 2.33 bits per heavy atom. The first-order valence-electron chi connectivity index (χ1n) is 4.65. The lowest BCUT2D eigenvalue weighted by Crippen LogP contribution is -2.06. The van der Waals surface area contributed by atoms with E-state index in [0.717, 1.165) is 0 Å². The Balaban J connectivity index is 2.38. The quantitative estimate of drug-likeness (QED) is 0.838. The van der Waals surface area contributed by atoms with Gasteiger partial charge in [-0.3, -0.25) is 0 Å². The number of benzene rings is 1. The molecule has 1 aromatic carbocycles. The average Bonchev–Trinajstić information content (AvgIpc) is 2.60. The van der Waals surface area contributed by atoms with Gasteiger partial charge in [-0.2, -0.15) is 0 Å². The predicted molar refractivity (Wildman–Crippen MR) is 57.7 cm³/mol. The van der Waals surface area contributed by atoms with Crippen LogP contribution in [0.3, 0.4) is 0 Å². The van der Waals surface area contributed by atoms with Crippen LogP contribution in [0.15, 0.2) is 22.6 Å². The van der Waals surface area contributed by atoms with Crippen molar-refractivity contribution in [3.8, 4) is 0 Å². The molecule has 5 heteroatoms. The van der Waals surface area contributed by atoms with Crippen LogP contribution >= 0.6 is 11.6 Å². The number of nitrogens with two attached hydrogens (primary N) is 1. The van der Waals surface area contributed by atoms with Gasteiger partial charge in [-0.05, 0) is 25.1 Å². The Labute approximate surface area is 91.7 Å². The SMILES string of the molecule is NCCC(O)c1nc2ccc(Cl)cc2o1. The van der Waals surface area contributed by atoms with Crippen molar-refractivity contribution in [3.63, 3.8) is 0 Å². The molecule has 0 spiro atoms. The van der Waals surface area contributed by atoms with Crippen molar-refractivity contribution < 1.29 is 9.52 Å². The fourth-order valence-electron chi connectivity index (χ4n) is 1.34. The smallest absolute Gasteiger partial charge is 0.224 e. The maximum absolute atomic E-state index is 9.62. The maximum Gasteiger partial charge on any atom is 0.224 e. The van der Waals surface area contributed by atoms with Gasteiger partial charge < -0.3 is 15.3 Å². The molecule has 0 saturated carbocycles. The Morgan fingerprint density at radius 1 is 1.53 bits per heavy atom. The maximum atomic E-state index is 9.62. The molecule has 0 fully saturated rings. The number of fused-ring (bicyclic) bond motifs is 1. The van der Waals surface area contributed by atoms with E-state index in [-0.39, 0.29) is 5.89 Å². The molecule has 80 valence electrons. The number of hydrogen-bond acceptors (Lipinski definition) is 4. The molecule has 1 aromatic heterocycles. The van der Waals surface area contributed by atoms with Gasteiger partial charge in [0.05, 0.1) is 0 Å². The second kappa shape index (κ2) is 4.18. The molecule has 3 N–H and O–H groups in total. The van der Waals surface area contributed by atoms with Gasteiger partial charge in [-0.25, -0.2) is 4.98 Å². The first-order chi connectivity index (χ1) is 7.20. The highest BCUT2D eigenvalue weighted by Gasteiger charge is 2.14. The molecule has 2 rings (SSSR count). The molecule has 0 radical (unpaired) electrons. The highest BCUT2D eigenvalue weighted by molar-refractivity contribution is 6.31. The minimum absolute atomic E-state index is 0.290. The molecule has 1 unspecified atom stereocenters. The standard InChI is InChI=1S/C10H11ClN2O2/c11-6-1-2-7-9(5-6)15-10(13-7)8(14)3-4-12/h1-2,5,8,14H,3-4,12H2. The second-order valence-corrected chi connectivity index (χ2v) is 3.69. The van der Waals surface area contributed by atoms with Gasteiger partial charge in [-0.15, -0.1) is 0 Å². The van der Waals surface area contributed by atoms with Gasteiger partial charge in [-0.1, -0.05) is 11.6 Å². The minimum atomic E-state index is -0.749. The minimum Gasteiger partial charge on any atom is -0.438 e. The molecule has 2 aromatic rings. The molecular formula is C10H11ClN2O2. The van der Waals surface area contributed by atoms with Crippen LogP contribution in [-0.2, 0) is 0 Å². The van der Waals surface area contributed by atoms with Crippen LogP contribution in [0.2, 0.25) is 5.02 Å². The Kier molecular flexibility index (Phi) is 2.90. The summed E-state index contributed by atoms with van der Waals surface area (Å²) < 4.78 is 5.36. The third kappa shape index (κ3) is 2.12. The highest BCUT2D eigenvalue weighted by Crippen LogP contribution is 2.24. The molecule has 0 aliphatic carbocycles. The number of halogens is 1. The number of aliphatic hydroxyl groups excluding tert-OH is 1. The average molecular weight is 227 g/mol. The fraction of sp³-hybridized carbons (Fsp3) is 0.300. The van der Waals surface area contributed by atoms with E-state index >= 15 is 0 Å². The molecule has 0 amide bonds. The summed E-state index contributed by atoms with van der Waals surface area (Å²) in [6, 6.07) is 5.15. The third-order valence-electron chi connectivity index (χ3n) is 2.09. The summed E-state index contributed by atoms with van der Waals surface area (Å²) >= 11 is 5.80. The van der Waals surface area contributed by atoms with Gasteiger partial charge in [0.2, 0.25) is 5.89 Å². The first-order valence-corrected chi connectivity index (χ1v) is 5.02. The summed E-state index contributed by atoms with van der Waals surface area (Å²) in [5.41, 5.74) is 6.60. The Morgan fingerprint density at radius 3 is 3.07 bits per heavy atom. The number of hydrogen-bond donors (Lipinski definition) is 2. The zero-order valence-electron chi connectivity index (χ0n) is 7.98. The van der Waals surface area contributed by atoms with E-state index in [9.17, 15) is 5.11 Å². The summed E-state index contributed by atoms with van der Waals surface area (Å²) in [7, 11) is 0. The normalized spacial score (nSPS) is 13.3. The molecule has 15 heavy (non-hydrogen) atoms. The Hall–Kier alpha value is -1.10. The monoisotopic (exact) mass is 226 g/mol. The van der Waals surface area contributed by atoms with Crippen LogP contribution in [0.1, 0.15) is 18.4 Å². The highest BCUT2D eigenvalue weighted by atomic mass is 35.5. The van der Waals surface area contributed by atoms with E-state index in [2.05, 4.69) is 4.98 Å². The lowest BCUT2D eigenvalue weighted by molar-refractivity contribution is 0.139. The van der Waals surface area contributed by atoms with E-state index in [1.54, 1.807) is 18.2 Å². The van der Waals surface area contributed by atoms with Crippen LogP contribution in [0, 0.1) is 0 Å². The topological polar surface area (TPSA) is 72.3 Å². The van der Waals surface area contributed by atoms with E-state index in [0.29, 0.717) is 29.1 Å². The number of aromatic nitrogens is 1. The first kappa shape index (κ1) is 10.4. The molecule has 1 heterocycles. The van der Waals surface area contributed by atoms with Crippen molar-refractivity contribution in [1.82, 2.24) is 4.98 Å². The van der Waals surface area contributed by atoms with Crippen LogP contribution in [0.5, 0.6) is 0 Å². The van der Waals surface area contributed by atoms with Gasteiger partial charge in [0, 0.05) is 11.1 Å². The van der Waals surface area contributed by atoms with E-state index < -0.39 is 6.10 Å². The molecule has 0 aliphatic heterocycles. The zero-order valence-corrected chi connectivity index (χ0v) is 8.74. The summed E-state index contributed by atoms with van der Waals surface area (Å²) in [5, 5.41) is 10.2. The molecule has 1 atom stereocenters. The summed E-state index contributed by atoms with van der Waals surface area (Å²) in [6.07, 6.45) is -0.318. The number of nitrogens with zero attached hydrogens (tertiary/aromatic N) is 1. The van der Waals surface area contributed by atoms with Crippen molar-refractivity contribution in [2.45, 2.75) is 12.5 Å².